The molecule has 0 saturated carbocycles. The predicted octanol–water partition coefficient (Wildman–Crippen LogP) is 5.54. The molecule has 210 valence electrons. The number of nitrogens with zero attached hydrogens (tertiary/aromatic N) is 2. The molecule has 0 aliphatic heterocycles. The second kappa shape index (κ2) is 11.4. The Morgan fingerprint density at radius 3 is 2.49 bits per heavy atom. The zero-order chi connectivity index (χ0) is 29.1. The van der Waals surface area contributed by atoms with Crippen molar-refractivity contribution in [2.45, 2.75) is 38.6 Å². The molecule has 2 heterocycles. The van der Waals surface area contributed by atoms with Crippen LogP contribution in [-0.2, 0) is 16.6 Å². The van der Waals surface area contributed by atoms with Crippen molar-refractivity contribution in [1.82, 2.24) is 14.5 Å². The molecule has 0 amide bonds. The lowest BCUT2D eigenvalue weighted by atomic mass is 10.0. The molecule has 0 saturated heterocycles. The van der Waals surface area contributed by atoms with Gasteiger partial charge in [0.15, 0.2) is 5.78 Å². The fourth-order valence-electron chi connectivity index (χ4n) is 4.78. The normalized spacial score (nSPS) is 11.5. The number of rotatable bonds is 10. The molecule has 0 unspecified atom stereocenters. The van der Waals surface area contributed by atoms with E-state index in [9.17, 15) is 18.0 Å². The van der Waals surface area contributed by atoms with Crippen molar-refractivity contribution in [2.24, 2.45) is 0 Å². The van der Waals surface area contributed by atoms with Crippen molar-refractivity contribution in [1.29, 1.82) is 0 Å². The van der Waals surface area contributed by atoms with Crippen molar-refractivity contribution in [3.63, 3.8) is 0 Å². The third-order valence-electron chi connectivity index (χ3n) is 6.65. The molecular weight excluding hydrogens is 540 g/mol. The maximum absolute atomic E-state index is 13.6. The Labute approximate surface area is 237 Å². The fraction of sp³-hybridized carbons (Fsp3) is 0.194. The van der Waals surface area contributed by atoms with Gasteiger partial charge in [-0.05, 0) is 56.2 Å². The second-order valence-electron chi connectivity index (χ2n) is 9.56. The first kappa shape index (κ1) is 27.9. The van der Waals surface area contributed by atoms with Gasteiger partial charge in [-0.15, -0.1) is 0 Å². The van der Waals surface area contributed by atoms with Gasteiger partial charge in [-0.3, -0.25) is 14.3 Å². The van der Waals surface area contributed by atoms with E-state index in [0.29, 0.717) is 41.1 Å². The molecular formula is C31H30N4O5S. The molecule has 41 heavy (non-hydrogen) atoms. The van der Waals surface area contributed by atoms with Crippen molar-refractivity contribution in [3.8, 4) is 17.1 Å². The highest BCUT2D eigenvalue weighted by Gasteiger charge is 2.23. The number of H-pyrrole nitrogens is 1. The van der Waals surface area contributed by atoms with Gasteiger partial charge in [0.1, 0.15) is 17.2 Å². The summed E-state index contributed by atoms with van der Waals surface area (Å²) in [6.07, 6.45) is 2.74. The minimum Gasteiger partial charge on any atom is -0.493 e. The Balaban J connectivity index is 1.58. The summed E-state index contributed by atoms with van der Waals surface area (Å²) in [6, 6.07) is 19.5. The van der Waals surface area contributed by atoms with E-state index in [4.69, 9.17) is 9.72 Å². The molecule has 5 rings (SSSR count). The molecule has 2 aromatic heterocycles. The van der Waals surface area contributed by atoms with Gasteiger partial charge in [0.2, 0.25) is 0 Å². The molecule has 0 fully saturated rings. The second-order valence-corrected chi connectivity index (χ2v) is 11.2. The lowest BCUT2D eigenvalue weighted by Gasteiger charge is -2.15. The number of sulfonamides is 1. The van der Waals surface area contributed by atoms with Crippen molar-refractivity contribution >= 4 is 32.5 Å². The Kier molecular flexibility index (Phi) is 7.76. The van der Waals surface area contributed by atoms with E-state index in [1.165, 1.54) is 18.2 Å². The fourth-order valence-corrected chi connectivity index (χ4v) is 5.89. The minimum atomic E-state index is -4.16. The molecule has 0 atom stereocenters. The smallest absolute Gasteiger partial charge is 0.261 e. The number of nitrogens with one attached hydrogen (secondary N) is 2. The summed E-state index contributed by atoms with van der Waals surface area (Å²) < 4.78 is 37.5. The molecule has 9 nitrogen and oxygen atoms in total. The van der Waals surface area contributed by atoms with Crippen molar-refractivity contribution < 1.29 is 17.9 Å². The van der Waals surface area contributed by atoms with Gasteiger partial charge < -0.3 is 14.3 Å². The summed E-state index contributed by atoms with van der Waals surface area (Å²) in [5.74, 6) is 0.258. The third kappa shape index (κ3) is 5.51. The van der Waals surface area contributed by atoms with E-state index in [1.807, 2.05) is 31.5 Å². The van der Waals surface area contributed by atoms with Crippen LogP contribution in [0.5, 0.6) is 5.75 Å². The van der Waals surface area contributed by atoms with Crippen molar-refractivity contribution in [3.05, 3.63) is 106 Å². The number of carbonyl (C=O) groups excluding carboxylic acids is 1. The number of fused-ring (bicyclic) bond motifs is 1. The lowest BCUT2D eigenvalue weighted by molar-refractivity contribution is 0.103. The maximum Gasteiger partial charge on any atom is 0.261 e. The standard InChI is InChI=1S/C31H30N4O5S/c1-4-17-35-19-20(3)27-30(35)32-29(33-31(27)37)24-18-22(15-16-26(24)40-5-2)41(38,39)34-25-14-10-9-13-23(25)28(36)21-11-7-6-8-12-21/h6-16,18-19,34H,4-5,17H2,1-3H3,(H,32,33,37). The van der Waals surface area contributed by atoms with E-state index in [2.05, 4.69) is 9.71 Å². The largest absolute Gasteiger partial charge is 0.493 e. The highest BCUT2D eigenvalue weighted by molar-refractivity contribution is 7.92. The highest BCUT2D eigenvalue weighted by atomic mass is 32.2. The Bertz CT molecular complexity index is 1910. The van der Waals surface area contributed by atoms with Crippen molar-refractivity contribution in [2.75, 3.05) is 11.3 Å². The Morgan fingerprint density at radius 2 is 1.76 bits per heavy atom. The van der Waals surface area contributed by atoms with Gasteiger partial charge in [-0.2, -0.15) is 0 Å². The summed E-state index contributed by atoms with van der Waals surface area (Å²) in [4.78, 5) is 33.7. The van der Waals surface area contributed by atoms with Crippen LogP contribution in [0.25, 0.3) is 22.4 Å². The molecule has 0 aliphatic carbocycles. The zero-order valence-electron chi connectivity index (χ0n) is 23.0. The highest BCUT2D eigenvalue weighted by Crippen LogP contribution is 2.32. The average Bonchev–Trinajstić information content (AvgIpc) is 3.29. The van der Waals surface area contributed by atoms with Crippen LogP contribution in [0.4, 0.5) is 5.69 Å². The van der Waals surface area contributed by atoms with Crippen LogP contribution in [0.2, 0.25) is 0 Å². The first-order valence-corrected chi connectivity index (χ1v) is 14.8. The number of carbonyl (C=O) groups is 1. The summed E-state index contributed by atoms with van der Waals surface area (Å²) >= 11 is 0. The zero-order valence-corrected chi connectivity index (χ0v) is 23.8. The van der Waals surface area contributed by atoms with E-state index in [1.54, 1.807) is 54.6 Å². The Morgan fingerprint density at radius 1 is 1.02 bits per heavy atom. The number of aromatic amines is 1. The molecule has 5 aromatic rings. The minimum absolute atomic E-state index is 0.0826. The SMILES string of the molecule is CCCn1cc(C)c2c(=O)[nH]c(-c3cc(S(=O)(=O)Nc4ccccc4C(=O)c4ccccc4)ccc3OCC)nc21. The summed E-state index contributed by atoms with van der Waals surface area (Å²) in [5.41, 5.74) is 2.14. The van der Waals surface area contributed by atoms with Gasteiger partial charge in [-0.25, -0.2) is 13.4 Å². The number of para-hydroxylation sites is 1. The van der Waals surface area contributed by atoms with Crippen LogP contribution in [0.15, 0.2) is 88.7 Å². The summed E-state index contributed by atoms with van der Waals surface area (Å²) in [7, 11) is -4.16. The molecule has 0 aliphatic rings. The van der Waals surface area contributed by atoms with Gasteiger partial charge in [0, 0.05) is 23.9 Å². The van der Waals surface area contributed by atoms with Crippen LogP contribution in [0.1, 0.15) is 41.8 Å². The van der Waals surface area contributed by atoms with E-state index in [-0.39, 0.29) is 33.3 Å². The summed E-state index contributed by atoms with van der Waals surface area (Å²) in [5, 5.41) is 0.491. The third-order valence-corrected chi connectivity index (χ3v) is 8.01. The van der Waals surface area contributed by atoms with Crippen LogP contribution < -0.4 is 15.0 Å². The average molecular weight is 571 g/mol. The van der Waals surface area contributed by atoms with Crippen LogP contribution in [0, 0.1) is 6.92 Å². The molecule has 2 N–H and O–H groups in total. The van der Waals surface area contributed by atoms with Gasteiger partial charge in [0.05, 0.1) is 28.1 Å². The number of benzene rings is 3. The van der Waals surface area contributed by atoms with Crippen LogP contribution in [0.3, 0.4) is 0 Å². The molecule has 0 spiro atoms. The topological polar surface area (TPSA) is 123 Å². The van der Waals surface area contributed by atoms with Crippen LogP contribution >= 0.6 is 0 Å². The predicted molar refractivity (Wildman–Crippen MR) is 159 cm³/mol. The maximum atomic E-state index is 13.6. The monoisotopic (exact) mass is 570 g/mol. The number of ether oxygens (including phenoxy) is 1. The van der Waals surface area contributed by atoms with Gasteiger partial charge in [0.25, 0.3) is 15.6 Å². The van der Waals surface area contributed by atoms with Gasteiger partial charge in [-0.1, -0.05) is 49.4 Å². The number of ketones is 1. The molecule has 0 radical (unpaired) electrons. The van der Waals surface area contributed by atoms with Crippen LogP contribution in [-0.4, -0.2) is 35.3 Å². The number of aromatic nitrogens is 3. The van der Waals surface area contributed by atoms with E-state index < -0.39 is 10.0 Å². The molecule has 10 heteroatoms. The van der Waals surface area contributed by atoms with E-state index >= 15 is 0 Å². The molecule has 3 aromatic carbocycles. The van der Waals surface area contributed by atoms with Gasteiger partial charge >= 0.3 is 0 Å². The number of hydrogen-bond acceptors (Lipinski definition) is 6. The summed E-state index contributed by atoms with van der Waals surface area (Å²) in [6.45, 7) is 6.71. The Hall–Kier alpha value is -4.70. The first-order chi connectivity index (χ1) is 19.7. The number of aryl methyl sites for hydroxylation is 2. The first-order valence-electron chi connectivity index (χ1n) is 13.3. The van der Waals surface area contributed by atoms with E-state index in [0.717, 1.165) is 12.0 Å². The molecule has 0 bridgehead atoms. The lowest BCUT2D eigenvalue weighted by Crippen LogP contribution is -2.16. The number of hydrogen-bond donors (Lipinski definition) is 2. The quantitative estimate of drug-likeness (QED) is 0.213. The number of anilines is 1.